The van der Waals surface area contributed by atoms with Gasteiger partial charge < -0.3 is 10.4 Å². The van der Waals surface area contributed by atoms with Crippen molar-refractivity contribution in [3.63, 3.8) is 0 Å². The minimum absolute atomic E-state index is 0.0606. The van der Waals surface area contributed by atoms with Gasteiger partial charge in [-0.15, -0.1) is 0 Å². The van der Waals surface area contributed by atoms with Crippen molar-refractivity contribution >= 4 is 34.9 Å². The smallest absolute Gasteiger partial charge is 0.325 e. The molecule has 0 saturated carbocycles. The van der Waals surface area contributed by atoms with Crippen LogP contribution in [0.4, 0.5) is 5.69 Å². The second-order valence-electron chi connectivity index (χ2n) is 5.61. The maximum atomic E-state index is 12.8. The monoisotopic (exact) mass is 383 g/mol. The number of carboxylic acids is 1. The first-order chi connectivity index (χ1) is 13.0. The number of benzene rings is 2. The molecule has 0 fully saturated rings. The minimum Gasteiger partial charge on any atom is -0.480 e. The second kappa shape index (κ2) is 7.84. The Balaban J connectivity index is 1.92. The summed E-state index contributed by atoms with van der Waals surface area (Å²) < 4.78 is 1.06. The number of nitrogens with zero attached hydrogens (tertiary/aromatic N) is 2. The summed E-state index contributed by atoms with van der Waals surface area (Å²) >= 11 is 6.02. The van der Waals surface area contributed by atoms with E-state index in [1.807, 2.05) is 0 Å². The largest absolute Gasteiger partial charge is 0.480 e. The zero-order valence-electron chi connectivity index (χ0n) is 13.9. The Bertz CT molecular complexity index is 1010. The fraction of sp³-hybridized carbons (Fsp3) is 0.0526. The highest BCUT2D eigenvalue weighted by atomic mass is 35.5. The van der Waals surface area contributed by atoms with Crippen LogP contribution in [0.3, 0.4) is 0 Å². The Morgan fingerprint density at radius 2 is 1.81 bits per heavy atom. The van der Waals surface area contributed by atoms with Crippen LogP contribution >= 0.6 is 11.6 Å². The van der Waals surface area contributed by atoms with Gasteiger partial charge in [-0.05, 0) is 24.3 Å². The summed E-state index contributed by atoms with van der Waals surface area (Å²) in [6.45, 7) is -0.452. The highest BCUT2D eigenvalue weighted by molar-refractivity contribution is 6.31. The summed E-state index contributed by atoms with van der Waals surface area (Å²) in [5, 5.41) is 15.7. The number of carbonyl (C=O) groups is 3. The molecule has 0 unspecified atom stereocenters. The average Bonchev–Trinajstić information content (AvgIpc) is 3.10. The van der Waals surface area contributed by atoms with E-state index in [0.717, 1.165) is 4.68 Å². The van der Waals surface area contributed by atoms with E-state index in [0.29, 0.717) is 10.6 Å². The fourth-order valence-electron chi connectivity index (χ4n) is 2.52. The van der Waals surface area contributed by atoms with Gasteiger partial charge >= 0.3 is 5.97 Å². The predicted molar refractivity (Wildman–Crippen MR) is 99.1 cm³/mol. The average molecular weight is 384 g/mol. The Morgan fingerprint density at radius 3 is 2.52 bits per heavy atom. The molecule has 0 bridgehead atoms. The molecule has 1 heterocycles. The van der Waals surface area contributed by atoms with Crippen molar-refractivity contribution in [1.29, 1.82) is 0 Å². The molecule has 0 spiro atoms. The lowest BCUT2D eigenvalue weighted by atomic mass is 10.0. The molecular weight excluding hydrogens is 370 g/mol. The molecule has 8 heteroatoms. The van der Waals surface area contributed by atoms with Crippen molar-refractivity contribution in [2.75, 3.05) is 5.32 Å². The Labute approximate surface area is 159 Å². The van der Waals surface area contributed by atoms with Crippen LogP contribution in [0.15, 0.2) is 60.8 Å². The van der Waals surface area contributed by atoms with E-state index in [2.05, 4.69) is 10.4 Å². The maximum absolute atomic E-state index is 12.8. The van der Waals surface area contributed by atoms with Crippen molar-refractivity contribution in [1.82, 2.24) is 9.78 Å². The van der Waals surface area contributed by atoms with Gasteiger partial charge in [0.05, 0.1) is 5.69 Å². The van der Waals surface area contributed by atoms with Gasteiger partial charge in [0.25, 0.3) is 5.91 Å². The number of nitrogens with one attached hydrogen (secondary N) is 1. The molecule has 136 valence electrons. The maximum Gasteiger partial charge on any atom is 0.325 e. The lowest BCUT2D eigenvalue weighted by molar-refractivity contribution is -0.137. The molecule has 7 nitrogen and oxygen atoms in total. The van der Waals surface area contributed by atoms with Gasteiger partial charge in [-0.3, -0.25) is 14.4 Å². The van der Waals surface area contributed by atoms with Crippen molar-refractivity contribution < 1.29 is 19.5 Å². The van der Waals surface area contributed by atoms with Crippen LogP contribution in [0, 0.1) is 0 Å². The number of carboxylic acid groups (broad SMARTS) is 1. The molecule has 1 amide bonds. The predicted octanol–water partition coefficient (Wildman–Crippen LogP) is 3.10. The molecule has 0 atom stereocenters. The van der Waals surface area contributed by atoms with Crippen LogP contribution < -0.4 is 5.32 Å². The molecule has 0 aliphatic carbocycles. The number of ketones is 1. The van der Waals surface area contributed by atoms with Gasteiger partial charge in [-0.2, -0.15) is 5.10 Å². The Hall–Kier alpha value is -3.45. The van der Waals surface area contributed by atoms with Crippen LogP contribution in [-0.2, 0) is 11.3 Å². The Kier molecular flexibility index (Phi) is 5.33. The van der Waals surface area contributed by atoms with Crippen molar-refractivity contribution in [2.24, 2.45) is 0 Å². The molecule has 2 N–H and O–H groups in total. The van der Waals surface area contributed by atoms with Crippen LogP contribution in [0.2, 0.25) is 5.02 Å². The summed E-state index contributed by atoms with van der Waals surface area (Å²) in [6.07, 6.45) is 1.33. The highest BCUT2D eigenvalue weighted by Crippen LogP contribution is 2.24. The number of hydrogen-bond acceptors (Lipinski definition) is 4. The molecule has 0 aliphatic rings. The number of halogens is 1. The fourth-order valence-corrected chi connectivity index (χ4v) is 2.70. The normalized spacial score (nSPS) is 10.4. The molecule has 27 heavy (non-hydrogen) atoms. The molecule has 0 aliphatic heterocycles. The van der Waals surface area contributed by atoms with Crippen molar-refractivity contribution in [3.05, 3.63) is 82.6 Å². The molecule has 0 saturated heterocycles. The molecule has 3 rings (SSSR count). The third kappa shape index (κ3) is 4.21. The Morgan fingerprint density at radius 1 is 1.07 bits per heavy atom. The minimum atomic E-state index is -1.13. The summed E-state index contributed by atoms with van der Waals surface area (Å²) in [5.41, 5.74) is 1.00. The number of amides is 1. The molecule has 3 aromatic rings. The van der Waals surface area contributed by atoms with Crippen molar-refractivity contribution in [2.45, 2.75) is 6.54 Å². The van der Waals surface area contributed by atoms with Crippen LogP contribution in [0.25, 0.3) is 0 Å². The van der Waals surface area contributed by atoms with Crippen LogP contribution in [-0.4, -0.2) is 32.5 Å². The van der Waals surface area contributed by atoms with Gasteiger partial charge in [0.1, 0.15) is 12.2 Å². The highest BCUT2D eigenvalue weighted by Gasteiger charge is 2.19. The number of aromatic nitrogens is 2. The number of aliphatic carboxylic acids is 1. The van der Waals surface area contributed by atoms with Gasteiger partial charge in [-0.25, -0.2) is 4.68 Å². The summed E-state index contributed by atoms with van der Waals surface area (Å²) in [6, 6.07) is 14.5. The zero-order chi connectivity index (χ0) is 19.4. The zero-order valence-corrected chi connectivity index (χ0v) is 14.7. The van der Waals surface area contributed by atoms with Crippen molar-refractivity contribution in [3.8, 4) is 0 Å². The topological polar surface area (TPSA) is 101 Å². The van der Waals surface area contributed by atoms with Crippen LogP contribution in [0.5, 0.6) is 0 Å². The molecule has 2 aromatic carbocycles. The van der Waals surface area contributed by atoms with Gasteiger partial charge in [0.15, 0.2) is 5.78 Å². The third-order valence-electron chi connectivity index (χ3n) is 3.74. The first-order valence-electron chi connectivity index (χ1n) is 7.90. The lowest BCUT2D eigenvalue weighted by Crippen LogP contribution is -2.21. The van der Waals surface area contributed by atoms with Gasteiger partial charge in [0, 0.05) is 22.3 Å². The first kappa shape index (κ1) is 18.3. The number of rotatable bonds is 6. The second-order valence-corrected chi connectivity index (χ2v) is 6.04. The number of hydrogen-bond donors (Lipinski definition) is 2. The van der Waals surface area contributed by atoms with E-state index in [1.165, 1.54) is 24.4 Å². The van der Waals surface area contributed by atoms with E-state index in [1.54, 1.807) is 36.4 Å². The van der Waals surface area contributed by atoms with E-state index in [9.17, 15) is 14.4 Å². The lowest BCUT2D eigenvalue weighted by Gasteiger charge is -2.12. The van der Waals surface area contributed by atoms with E-state index in [-0.39, 0.29) is 22.7 Å². The standard InChI is InChI=1S/C19H14ClN3O4/c20-13-6-7-15(14(10-13)18(26)12-4-2-1-3-5-12)22-19(27)16-8-9-21-23(16)11-17(24)25/h1-10H,11H2,(H,22,27)(H,24,25). The molecular formula is C19H14ClN3O4. The number of anilines is 1. The van der Waals surface area contributed by atoms with Crippen LogP contribution in [0.1, 0.15) is 26.4 Å². The van der Waals surface area contributed by atoms with Gasteiger partial charge in [0.2, 0.25) is 0 Å². The summed E-state index contributed by atoms with van der Waals surface area (Å²) in [5.74, 6) is -2.01. The van der Waals surface area contributed by atoms with E-state index in [4.69, 9.17) is 16.7 Å². The molecule has 0 radical (unpaired) electrons. The molecule has 1 aromatic heterocycles. The quantitative estimate of drug-likeness (QED) is 0.637. The summed E-state index contributed by atoms with van der Waals surface area (Å²) in [4.78, 5) is 36.2. The van der Waals surface area contributed by atoms with E-state index >= 15 is 0 Å². The SMILES string of the molecule is O=C(O)Cn1nccc1C(=O)Nc1ccc(Cl)cc1C(=O)c1ccccc1. The van der Waals surface area contributed by atoms with E-state index < -0.39 is 18.4 Å². The number of carbonyl (C=O) groups excluding carboxylic acids is 2. The third-order valence-corrected chi connectivity index (χ3v) is 3.98. The first-order valence-corrected chi connectivity index (χ1v) is 8.28. The van der Waals surface area contributed by atoms with Gasteiger partial charge in [-0.1, -0.05) is 41.9 Å². The summed E-state index contributed by atoms with van der Waals surface area (Å²) in [7, 11) is 0.